The van der Waals surface area contributed by atoms with E-state index in [-0.39, 0.29) is 11.9 Å². The predicted molar refractivity (Wildman–Crippen MR) is 80.4 cm³/mol. The molecule has 2 N–H and O–H groups in total. The standard InChI is InChI=1S/C15H20FN3S/c1-4-12(17)9-11-6-5-7-13(16)15(11)20-14-8-10(2)18-19(14)3/h5-8,12H,4,9,17H2,1-3H3. The fourth-order valence-electron chi connectivity index (χ4n) is 2.04. The molecule has 0 fully saturated rings. The lowest BCUT2D eigenvalue weighted by Crippen LogP contribution is -2.21. The van der Waals surface area contributed by atoms with Crippen LogP contribution in [-0.2, 0) is 13.5 Å². The van der Waals surface area contributed by atoms with Crippen molar-refractivity contribution in [2.75, 3.05) is 0 Å². The van der Waals surface area contributed by atoms with Gasteiger partial charge in [0.2, 0.25) is 0 Å². The number of aromatic nitrogens is 2. The number of rotatable bonds is 5. The van der Waals surface area contributed by atoms with Crippen LogP contribution in [0.2, 0.25) is 0 Å². The van der Waals surface area contributed by atoms with Gasteiger partial charge in [0.25, 0.3) is 0 Å². The minimum absolute atomic E-state index is 0.0597. The average Bonchev–Trinajstić information content (AvgIpc) is 2.71. The third kappa shape index (κ3) is 3.41. The highest BCUT2D eigenvalue weighted by Crippen LogP contribution is 2.33. The Hall–Kier alpha value is -1.33. The van der Waals surface area contributed by atoms with Crippen LogP contribution >= 0.6 is 11.8 Å². The third-order valence-corrected chi connectivity index (χ3v) is 4.47. The monoisotopic (exact) mass is 293 g/mol. The molecule has 2 aromatic rings. The molecular weight excluding hydrogens is 273 g/mol. The Morgan fingerprint density at radius 2 is 2.20 bits per heavy atom. The van der Waals surface area contributed by atoms with Gasteiger partial charge in [-0.15, -0.1) is 0 Å². The van der Waals surface area contributed by atoms with Crippen molar-refractivity contribution in [3.8, 4) is 0 Å². The van der Waals surface area contributed by atoms with Gasteiger partial charge in [0.05, 0.1) is 15.6 Å². The van der Waals surface area contributed by atoms with Crippen molar-refractivity contribution >= 4 is 11.8 Å². The Bertz CT molecular complexity index is 595. The molecule has 0 bridgehead atoms. The van der Waals surface area contributed by atoms with Gasteiger partial charge in [-0.2, -0.15) is 5.10 Å². The van der Waals surface area contributed by atoms with Crippen LogP contribution < -0.4 is 5.73 Å². The van der Waals surface area contributed by atoms with Crippen LogP contribution in [0.25, 0.3) is 0 Å². The molecular formula is C15H20FN3S. The Balaban J connectivity index is 2.32. The summed E-state index contributed by atoms with van der Waals surface area (Å²) in [5.41, 5.74) is 7.89. The lowest BCUT2D eigenvalue weighted by Gasteiger charge is -2.13. The number of nitrogens with two attached hydrogens (primary N) is 1. The molecule has 0 aliphatic heterocycles. The van der Waals surface area contributed by atoms with Crippen molar-refractivity contribution in [2.24, 2.45) is 12.8 Å². The summed E-state index contributed by atoms with van der Waals surface area (Å²) < 4.78 is 15.9. The SMILES string of the molecule is CCC(N)Cc1cccc(F)c1Sc1cc(C)nn1C. The minimum atomic E-state index is -0.199. The minimum Gasteiger partial charge on any atom is -0.327 e. The fraction of sp³-hybridized carbons (Fsp3) is 0.400. The summed E-state index contributed by atoms with van der Waals surface area (Å²) in [6, 6.07) is 7.20. The van der Waals surface area contributed by atoms with Gasteiger partial charge in [-0.25, -0.2) is 4.39 Å². The maximum atomic E-state index is 14.1. The summed E-state index contributed by atoms with van der Waals surface area (Å²) in [6.07, 6.45) is 1.57. The van der Waals surface area contributed by atoms with Crippen molar-refractivity contribution in [1.82, 2.24) is 9.78 Å². The van der Waals surface area contributed by atoms with Crippen molar-refractivity contribution in [1.29, 1.82) is 0 Å². The molecule has 20 heavy (non-hydrogen) atoms. The fourth-order valence-corrected chi connectivity index (χ4v) is 3.10. The van der Waals surface area contributed by atoms with E-state index in [1.807, 2.05) is 33.0 Å². The molecule has 1 aromatic heterocycles. The molecule has 0 saturated heterocycles. The highest BCUT2D eigenvalue weighted by molar-refractivity contribution is 7.99. The molecule has 108 valence electrons. The topological polar surface area (TPSA) is 43.8 Å². The predicted octanol–water partition coefficient (Wildman–Crippen LogP) is 3.30. The first-order valence-electron chi connectivity index (χ1n) is 6.72. The Morgan fingerprint density at radius 1 is 1.45 bits per heavy atom. The van der Waals surface area contributed by atoms with Crippen molar-refractivity contribution in [2.45, 2.75) is 42.7 Å². The lowest BCUT2D eigenvalue weighted by molar-refractivity contribution is 0.584. The van der Waals surface area contributed by atoms with Gasteiger partial charge in [0.1, 0.15) is 5.82 Å². The molecule has 1 aromatic carbocycles. The molecule has 3 nitrogen and oxygen atoms in total. The molecule has 5 heteroatoms. The first kappa shape index (κ1) is 15.1. The van der Waals surface area contributed by atoms with Crippen LogP contribution in [0.15, 0.2) is 34.2 Å². The van der Waals surface area contributed by atoms with Gasteiger partial charge < -0.3 is 5.73 Å². The van der Waals surface area contributed by atoms with Crippen LogP contribution in [-0.4, -0.2) is 15.8 Å². The second kappa shape index (κ2) is 6.41. The summed E-state index contributed by atoms with van der Waals surface area (Å²) in [7, 11) is 1.87. The lowest BCUT2D eigenvalue weighted by atomic mass is 10.0. The molecule has 0 amide bonds. The zero-order valence-corrected chi connectivity index (χ0v) is 12.9. The van der Waals surface area contributed by atoms with Crippen molar-refractivity contribution < 1.29 is 4.39 Å². The second-order valence-electron chi connectivity index (χ2n) is 4.95. The van der Waals surface area contributed by atoms with E-state index in [0.29, 0.717) is 11.3 Å². The van der Waals surface area contributed by atoms with E-state index in [1.165, 1.54) is 17.8 Å². The quantitative estimate of drug-likeness (QED) is 0.920. The maximum Gasteiger partial charge on any atom is 0.137 e. The van der Waals surface area contributed by atoms with Crippen LogP contribution in [0.4, 0.5) is 4.39 Å². The first-order valence-corrected chi connectivity index (χ1v) is 7.54. The van der Waals surface area contributed by atoms with Gasteiger partial charge in [0.15, 0.2) is 0 Å². The average molecular weight is 293 g/mol. The van der Waals surface area contributed by atoms with E-state index in [0.717, 1.165) is 22.7 Å². The third-order valence-electron chi connectivity index (χ3n) is 3.22. The smallest absolute Gasteiger partial charge is 0.137 e. The molecule has 0 aliphatic carbocycles. The number of aryl methyl sites for hydroxylation is 2. The van der Waals surface area contributed by atoms with E-state index in [2.05, 4.69) is 5.10 Å². The second-order valence-corrected chi connectivity index (χ2v) is 5.98. The molecule has 0 spiro atoms. The highest BCUT2D eigenvalue weighted by atomic mass is 32.2. The molecule has 2 rings (SSSR count). The summed E-state index contributed by atoms with van der Waals surface area (Å²) in [5, 5.41) is 5.22. The number of nitrogens with zero attached hydrogens (tertiary/aromatic N) is 2. The van der Waals surface area contributed by atoms with Gasteiger partial charge >= 0.3 is 0 Å². The van der Waals surface area contributed by atoms with Crippen LogP contribution in [0, 0.1) is 12.7 Å². The van der Waals surface area contributed by atoms with Gasteiger partial charge in [-0.1, -0.05) is 30.8 Å². The van der Waals surface area contributed by atoms with Gasteiger partial charge in [0, 0.05) is 13.1 Å². The van der Waals surface area contributed by atoms with E-state index in [1.54, 1.807) is 10.7 Å². The molecule has 1 unspecified atom stereocenters. The highest BCUT2D eigenvalue weighted by Gasteiger charge is 2.14. The Morgan fingerprint density at radius 3 is 2.80 bits per heavy atom. The molecule has 1 atom stereocenters. The zero-order valence-electron chi connectivity index (χ0n) is 12.1. The van der Waals surface area contributed by atoms with Gasteiger partial charge in [-0.05, 0) is 37.5 Å². The largest absolute Gasteiger partial charge is 0.327 e. The van der Waals surface area contributed by atoms with Crippen molar-refractivity contribution in [3.63, 3.8) is 0 Å². The molecule has 1 heterocycles. The zero-order chi connectivity index (χ0) is 14.7. The van der Waals surface area contributed by atoms with E-state index in [4.69, 9.17) is 5.73 Å². The maximum absolute atomic E-state index is 14.1. The van der Waals surface area contributed by atoms with Gasteiger partial charge in [-0.3, -0.25) is 4.68 Å². The molecule has 0 radical (unpaired) electrons. The summed E-state index contributed by atoms with van der Waals surface area (Å²) in [4.78, 5) is 0.652. The number of hydrogen-bond donors (Lipinski definition) is 1. The Labute approximate surface area is 123 Å². The Kier molecular flexibility index (Phi) is 4.83. The number of benzene rings is 1. The normalized spacial score (nSPS) is 12.7. The molecule has 0 aliphatic rings. The van der Waals surface area contributed by atoms with Crippen LogP contribution in [0.5, 0.6) is 0 Å². The van der Waals surface area contributed by atoms with Crippen LogP contribution in [0.3, 0.4) is 0 Å². The van der Waals surface area contributed by atoms with E-state index >= 15 is 0 Å². The van der Waals surface area contributed by atoms with E-state index < -0.39 is 0 Å². The summed E-state index contributed by atoms with van der Waals surface area (Å²) >= 11 is 1.41. The number of halogens is 1. The molecule has 0 saturated carbocycles. The van der Waals surface area contributed by atoms with Crippen LogP contribution in [0.1, 0.15) is 24.6 Å². The summed E-state index contributed by atoms with van der Waals surface area (Å²) in [5.74, 6) is -0.199. The summed E-state index contributed by atoms with van der Waals surface area (Å²) in [6.45, 7) is 3.97. The number of hydrogen-bond acceptors (Lipinski definition) is 3. The van der Waals surface area contributed by atoms with E-state index in [9.17, 15) is 4.39 Å². The first-order chi connectivity index (χ1) is 9.51. The van der Waals surface area contributed by atoms with Crippen molar-refractivity contribution in [3.05, 3.63) is 41.3 Å².